The lowest BCUT2D eigenvalue weighted by atomic mass is 10.3. The third-order valence-electron chi connectivity index (χ3n) is 2.25. The van der Waals surface area contributed by atoms with E-state index in [0.29, 0.717) is 13.1 Å². The molecule has 0 aliphatic carbocycles. The fourth-order valence-electron chi connectivity index (χ4n) is 1.30. The number of likely N-dealkylation sites (N-methyl/N-ethyl adjacent to an activating group) is 1. The maximum Gasteiger partial charge on any atom is 0.264 e. The molecule has 1 rings (SSSR count). The van der Waals surface area contributed by atoms with Crippen molar-refractivity contribution < 1.29 is 17.4 Å². The monoisotopic (exact) mass is 236 g/mol. The van der Waals surface area contributed by atoms with Gasteiger partial charge in [0.1, 0.15) is 6.61 Å². The summed E-state index contributed by atoms with van der Waals surface area (Å²) in [7, 11) is -1.55. The van der Waals surface area contributed by atoms with Crippen LogP contribution in [0.15, 0.2) is 0 Å². The summed E-state index contributed by atoms with van der Waals surface area (Å²) in [6, 6.07) is 0. The molecule has 88 valence electrons. The Kier molecular flexibility index (Phi) is 4.06. The molecule has 0 aromatic rings. The van der Waals surface area contributed by atoms with E-state index in [9.17, 15) is 13.2 Å². The van der Waals surface area contributed by atoms with Crippen LogP contribution in [0.3, 0.4) is 0 Å². The molecule has 0 spiro atoms. The van der Waals surface area contributed by atoms with E-state index in [1.54, 1.807) is 4.90 Å². The van der Waals surface area contributed by atoms with Gasteiger partial charge in [0.05, 0.1) is 6.26 Å². The first-order valence-corrected chi connectivity index (χ1v) is 6.51. The molecular weight excluding hydrogens is 220 g/mol. The van der Waals surface area contributed by atoms with Crippen LogP contribution in [-0.4, -0.2) is 70.2 Å². The largest absolute Gasteiger partial charge is 0.338 e. The minimum absolute atomic E-state index is 0.270. The van der Waals surface area contributed by atoms with Crippen molar-refractivity contribution in [1.29, 1.82) is 0 Å². The standard InChI is InChI=1S/C8H16N2O4S/c1-9-3-5-10(6-4-9)8(11)7-14-15(2,12)13/h3-7H2,1-2H3. The highest BCUT2D eigenvalue weighted by Gasteiger charge is 2.20. The second-order valence-corrected chi connectivity index (χ2v) is 5.29. The van der Waals surface area contributed by atoms with E-state index in [2.05, 4.69) is 9.08 Å². The zero-order valence-electron chi connectivity index (χ0n) is 8.97. The van der Waals surface area contributed by atoms with E-state index in [0.717, 1.165) is 19.3 Å². The van der Waals surface area contributed by atoms with Crippen molar-refractivity contribution in [3.8, 4) is 0 Å². The maximum absolute atomic E-state index is 11.5. The summed E-state index contributed by atoms with van der Waals surface area (Å²) in [6.07, 6.45) is 0.935. The molecule has 7 heteroatoms. The zero-order chi connectivity index (χ0) is 11.5. The molecule has 0 atom stereocenters. The number of piperazine rings is 1. The average Bonchev–Trinajstić information content (AvgIpc) is 2.14. The highest BCUT2D eigenvalue weighted by Crippen LogP contribution is 2.00. The minimum Gasteiger partial charge on any atom is -0.338 e. The Morgan fingerprint density at radius 3 is 2.27 bits per heavy atom. The molecule has 0 bridgehead atoms. The summed E-state index contributed by atoms with van der Waals surface area (Å²) in [5.41, 5.74) is 0. The Bertz CT molecular complexity index is 320. The Morgan fingerprint density at radius 1 is 1.27 bits per heavy atom. The lowest BCUT2D eigenvalue weighted by molar-refractivity contribution is -0.134. The molecule has 0 radical (unpaired) electrons. The van der Waals surface area contributed by atoms with Gasteiger partial charge in [-0.15, -0.1) is 0 Å². The second kappa shape index (κ2) is 4.91. The molecule has 15 heavy (non-hydrogen) atoms. The Balaban J connectivity index is 2.35. The summed E-state index contributed by atoms with van der Waals surface area (Å²) in [6.45, 7) is 2.49. The van der Waals surface area contributed by atoms with E-state index in [1.165, 1.54) is 0 Å². The summed E-state index contributed by atoms with van der Waals surface area (Å²) < 4.78 is 25.8. The van der Waals surface area contributed by atoms with Gasteiger partial charge in [-0.2, -0.15) is 8.42 Å². The van der Waals surface area contributed by atoms with Crippen LogP contribution in [0, 0.1) is 0 Å². The fraction of sp³-hybridized carbons (Fsp3) is 0.875. The highest BCUT2D eigenvalue weighted by molar-refractivity contribution is 7.86. The van der Waals surface area contributed by atoms with Gasteiger partial charge in [0.25, 0.3) is 10.1 Å². The van der Waals surface area contributed by atoms with Crippen LogP contribution in [0.5, 0.6) is 0 Å². The molecule has 0 unspecified atom stereocenters. The quantitative estimate of drug-likeness (QED) is 0.572. The van der Waals surface area contributed by atoms with Crippen LogP contribution < -0.4 is 0 Å². The van der Waals surface area contributed by atoms with Crippen molar-refractivity contribution in [2.45, 2.75) is 0 Å². The van der Waals surface area contributed by atoms with Crippen LogP contribution in [0.1, 0.15) is 0 Å². The molecule has 0 saturated carbocycles. The minimum atomic E-state index is -3.53. The molecule has 1 heterocycles. The third-order valence-corrected chi connectivity index (χ3v) is 2.80. The number of hydrogen-bond acceptors (Lipinski definition) is 5. The highest BCUT2D eigenvalue weighted by atomic mass is 32.2. The molecule has 1 aliphatic heterocycles. The lowest BCUT2D eigenvalue weighted by Gasteiger charge is -2.32. The fourth-order valence-corrected chi connectivity index (χ4v) is 1.62. The number of amides is 1. The van der Waals surface area contributed by atoms with Crippen molar-refractivity contribution in [2.75, 3.05) is 46.1 Å². The molecule has 0 aromatic carbocycles. The summed E-state index contributed by atoms with van der Waals surface area (Å²) in [5, 5.41) is 0. The summed E-state index contributed by atoms with van der Waals surface area (Å²) in [4.78, 5) is 15.2. The number of nitrogens with zero attached hydrogens (tertiary/aromatic N) is 2. The van der Waals surface area contributed by atoms with Gasteiger partial charge in [-0.05, 0) is 7.05 Å². The first kappa shape index (κ1) is 12.4. The summed E-state index contributed by atoms with van der Waals surface area (Å²) >= 11 is 0. The SMILES string of the molecule is CN1CCN(C(=O)COS(C)(=O)=O)CC1. The van der Waals surface area contributed by atoms with E-state index < -0.39 is 10.1 Å². The van der Waals surface area contributed by atoms with Crippen LogP contribution in [0.4, 0.5) is 0 Å². The predicted molar refractivity (Wildman–Crippen MR) is 54.9 cm³/mol. The molecule has 1 fully saturated rings. The van der Waals surface area contributed by atoms with Crippen molar-refractivity contribution in [3.05, 3.63) is 0 Å². The van der Waals surface area contributed by atoms with Gasteiger partial charge < -0.3 is 9.80 Å². The summed E-state index contributed by atoms with van der Waals surface area (Å²) in [5.74, 6) is -0.270. The third kappa shape index (κ3) is 4.59. The van der Waals surface area contributed by atoms with Crippen molar-refractivity contribution in [3.63, 3.8) is 0 Å². The Morgan fingerprint density at radius 2 is 1.80 bits per heavy atom. The Hall–Kier alpha value is -0.660. The van der Waals surface area contributed by atoms with Gasteiger partial charge >= 0.3 is 0 Å². The Labute approximate surface area is 89.9 Å². The van der Waals surface area contributed by atoms with Crippen molar-refractivity contribution in [1.82, 2.24) is 9.80 Å². The van der Waals surface area contributed by atoms with Crippen molar-refractivity contribution >= 4 is 16.0 Å². The van der Waals surface area contributed by atoms with E-state index in [1.807, 2.05) is 7.05 Å². The van der Waals surface area contributed by atoms with Crippen LogP contribution in [-0.2, 0) is 19.1 Å². The van der Waals surface area contributed by atoms with E-state index in [4.69, 9.17) is 0 Å². The van der Waals surface area contributed by atoms with E-state index in [-0.39, 0.29) is 12.5 Å². The van der Waals surface area contributed by atoms with Gasteiger partial charge in [0.15, 0.2) is 0 Å². The topological polar surface area (TPSA) is 66.9 Å². The second-order valence-electron chi connectivity index (χ2n) is 3.65. The number of hydrogen-bond donors (Lipinski definition) is 0. The number of rotatable bonds is 3. The zero-order valence-corrected chi connectivity index (χ0v) is 9.79. The van der Waals surface area contributed by atoms with E-state index >= 15 is 0 Å². The van der Waals surface area contributed by atoms with Gasteiger partial charge in [0.2, 0.25) is 5.91 Å². The predicted octanol–water partition coefficient (Wildman–Crippen LogP) is -1.26. The number of carbonyl (C=O) groups excluding carboxylic acids is 1. The molecule has 1 aliphatic rings. The normalized spacial score (nSPS) is 19.2. The molecule has 1 amide bonds. The first-order valence-electron chi connectivity index (χ1n) is 4.69. The molecular formula is C8H16N2O4S. The smallest absolute Gasteiger partial charge is 0.264 e. The molecule has 0 N–H and O–H groups in total. The molecule has 6 nitrogen and oxygen atoms in total. The van der Waals surface area contributed by atoms with Crippen LogP contribution in [0.25, 0.3) is 0 Å². The average molecular weight is 236 g/mol. The molecule has 1 saturated heterocycles. The maximum atomic E-state index is 11.5. The van der Waals surface area contributed by atoms with Gasteiger partial charge in [-0.25, -0.2) is 0 Å². The number of carbonyl (C=O) groups is 1. The lowest BCUT2D eigenvalue weighted by Crippen LogP contribution is -2.48. The van der Waals surface area contributed by atoms with Gasteiger partial charge in [-0.1, -0.05) is 0 Å². The van der Waals surface area contributed by atoms with Crippen LogP contribution in [0.2, 0.25) is 0 Å². The first-order chi connectivity index (χ1) is 6.88. The van der Waals surface area contributed by atoms with Gasteiger partial charge in [0, 0.05) is 26.2 Å². The molecule has 0 aromatic heterocycles. The van der Waals surface area contributed by atoms with Crippen LogP contribution >= 0.6 is 0 Å². The van der Waals surface area contributed by atoms with Gasteiger partial charge in [-0.3, -0.25) is 8.98 Å². The van der Waals surface area contributed by atoms with Crippen molar-refractivity contribution in [2.24, 2.45) is 0 Å².